The maximum atomic E-state index is 13.1. The molecule has 164 valence electrons. The van der Waals surface area contributed by atoms with Crippen LogP contribution >= 0.6 is 0 Å². The first-order chi connectivity index (χ1) is 15.6. The van der Waals surface area contributed by atoms with E-state index in [-0.39, 0.29) is 18.1 Å². The zero-order chi connectivity index (χ0) is 22.1. The summed E-state index contributed by atoms with van der Waals surface area (Å²) in [6.45, 7) is 3.93. The number of aryl methyl sites for hydroxylation is 1. The largest absolute Gasteiger partial charge is 0.490 e. The smallest absolute Gasteiger partial charge is 0.247 e. The highest BCUT2D eigenvalue weighted by molar-refractivity contribution is 6.46. The van der Waals surface area contributed by atoms with Gasteiger partial charge in [0.05, 0.1) is 18.9 Å². The average molecular weight is 431 g/mol. The summed E-state index contributed by atoms with van der Waals surface area (Å²) in [5.74, 6) is 1.16. The molecule has 0 radical (unpaired) electrons. The van der Waals surface area contributed by atoms with Gasteiger partial charge < -0.3 is 14.8 Å². The number of fused-ring (bicyclic) bond motifs is 2. The lowest BCUT2D eigenvalue weighted by Gasteiger charge is -2.24. The molecule has 32 heavy (non-hydrogen) atoms. The van der Waals surface area contributed by atoms with Gasteiger partial charge in [0.1, 0.15) is 5.71 Å². The molecule has 0 aromatic heterocycles. The van der Waals surface area contributed by atoms with Crippen molar-refractivity contribution in [1.82, 2.24) is 5.32 Å². The molecule has 7 heteroatoms. The molecule has 0 aliphatic carbocycles. The Hall–Kier alpha value is -3.61. The molecule has 0 bridgehead atoms. The summed E-state index contributed by atoms with van der Waals surface area (Å²) >= 11 is 0. The average Bonchev–Trinajstić information content (AvgIpc) is 3.03. The predicted molar refractivity (Wildman–Crippen MR) is 122 cm³/mol. The molecule has 0 unspecified atom stereocenters. The predicted octanol–water partition coefficient (Wildman–Crippen LogP) is 3.40. The van der Waals surface area contributed by atoms with E-state index in [1.54, 1.807) is 6.08 Å². The summed E-state index contributed by atoms with van der Waals surface area (Å²) in [6.07, 6.45) is 3.86. The molecule has 0 atom stereocenters. The van der Waals surface area contributed by atoms with Gasteiger partial charge in [0.15, 0.2) is 11.5 Å². The quantitative estimate of drug-likeness (QED) is 0.754. The molecule has 1 N–H and O–H groups in total. The summed E-state index contributed by atoms with van der Waals surface area (Å²) in [7, 11) is 0. The Morgan fingerprint density at radius 3 is 2.72 bits per heavy atom. The lowest BCUT2D eigenvalue weighted by atomic mass is 9.95. The Labute approximate surface area is 186 Å². The Kier molecular flexibility index (Phi) is 5.39. The van der Waals surface area contributed by atoms with E-state index in [0.717, 1.165) is 47.5 Å². The van der Waals surface area contributed by atoms with E-state index < -0.39 is 0 Å². The highest BCUT2D eigenvalue weighted by Gasteiger charge is 2.26. The molecule has 3 aliphatic heterocycles. The number of nitrogens with zero attached hydrogens (tertiary/aromatic N) is 2. The van der Waals surface area contributed by atoms with Gasteiger partial charge in [-0.1, -0.05) is 12.1 Å². The van der Waals surface area contributed by atoms with Crippen LogP contribution in [-0.4, -0.2) is 37.2 Å². The van der Waals surface area contributed by atoms with Crippen molar-refractivity contribution in [3.05, 3.63) is 59.2 Å². The molecule has 0 saturated carbocycles. The van der Waals surface area contributed by atoms with Crippen LogP contribution in [0.3, 0.4) is 0 Å². The molecule has 0 saturated heterocycles. The van der Waals surface area contributed by atoms with Crippen molar-refractivity contribution in [2.24, 2.45) is 5.10 Å². The van der Waals surface area contributed by atoms with E-state index in [2.05, 4.69) is 10.4 Å². The molecule has 0 spiro atoms. The van der Waals surface area contributed by atoms with Crippen molar-refractivity contribution < 1.29 is 19.1 Å². The van der Waals surface area contributed by atoms with Crippen LogP contribution in [0.2, 0.25) is 0 Å². The number of rotatable bonds is 3. The third-order valence-electron chi connectivity index (χ3n) is 5.81. The molecule has 7 nitrogen and oxygen atoms in total. The number of ether oxygens (including phenoxy) is 2. The number of carbonyl (C=O) groups is 2. The second-order valence-electron chi connectivity index (χ2n) is 8.20. The van der Waals surface area contributed by atoms with E-state index in [9.17, 15) is 9.59 Å². The van der Waals surface area contributed by atoms with Crippen LogP contribution in [0.15, 0.2) is 47.6 Å². The molecular formula is C25H25N3O4. The molecule has 5 rings (SSSR count). The number of nitrogens with one attached hydrogen (secondary N) is 1. The third kappa shape index (κ3) is 3.98. The topological polar surface area (TPSA) is 80.2 Å². The van der Waals surface area contributed by atoms with Crippen molar-refractivity contribution in [2.45, 2.75) is 32.6 Å². The van der Waals surface area contributed by atoms with Gasteiger partial charge in [-0.25, -0.2) is 5.01 Å². The summed E-state index contributed by atoms with van der Waals surface area (Å²) in [6, 6.07) is 11.5. The first kappa shape index (κ1) is 20.3. The van der Waals surface area contributed by atoms with Gasteiger partial charge in [-0.3, -0.25) is 9.59 Å². The van der Waals surface area contributed by atoms with Gasteiger partial charge >= 0.3 is 0 Å². The minimum absolute atomic E-state index is 0.110. The van der Waals surface area contributed by atoms with Gasteiger partial charge in [-0.15, -0.1) is 0 Å². The van der Waals surface area contributed by atoms with Crippen molar-refractivity contribution in [1.29, 1.82) is 0 Å². The lowest BCUT2D eigenvalue weighted by molar-refractivity contribution is -0.118. The molecule has 2 aromatic rings. The Morgan fingerprint density at radius 2 is 1.91 bits per heavy atom. The van der Waals surface area contributed by atoms with E-state index in [1.165, 1.54) is 5.01 Å². The number of hydrogen-bond acceptors (Lipinski definition) is 6. The van der Waals surface area contributed by atoms with Crippen molar-refractivity contribution in [2.75, 3.05) is 24.8 Å². The van der Waals surface area contributed by atoms with Gasteiger partial charge in [0.2, 0.25) is 11.7 Å². The molecule has 2 aromatic carbocycles. The van der Waals surface area contributed by atoms with Crippen molar-refractivity contribution >= 4 is 28.8 Å². The van der Waals surface area contributed by atoms with Gasteiger partial charge in [0.25, 0.3) is 0 Å². The van der Waals surface area contributed by atoms with Crippen LogP contribution in [0.5, 0.6) is 11.5 Å². The number of hydrazone groups is 1. The first-order valence-corrected chi connectivity index (χ1v) is 11.0. The summed E-state index contributed by atoms with van der Waals surface area (Å²) in [5.41, 5.74) is 4.88. The summed E-state index contributed by atoms with van der Waals surface area (Å²) in [5, 5.41) is 9.09. The normalized spacial score (nSPS) is 19.0. The van der Waals surface area contributed by atoms with E-state index in [4.69, 9.17) is 9.47 Å². The summed E-state index contributed by atoms with van der Waals surface area (Å²) in [4.78, 5) is 25.6. The minimum atomic E-state index is -0.197. The second kappa shape index (κ2) is 8.49. The molecule has 0 fully saturated rings. The molecule has 1 amide bonds. The van der Waals surface area contributed by atoms with E-state index in [1.807, 2.05) is 43.3 Å². The molecule has 3 aliphatic rings. The first-order valence-electron chi connectivity index (χ1n) is 11.0. The summed E-state index contributed by atoms with van der Waals surface area (Å²) < 4.78 is 11.6. The van der Waals surface area contributed by atoms with Crippen LogP contribution in [0, 0.1) is 6.92 Å². The fraction of sp³-hybridized carbons (Fsp3) is 0.320. The zero-order valence-electron chi connectivity index (χ0n) is 18.0. The SMILES string of the molecule is Cc1cccc(N2N=C(C(=O)C=C3NCCc4cc5c(cc43)OCCCO5)CCC2=O)c1. The lowest BCUT2D eigenvalue weighted by Crippen LogP contribution is -2.34. The number of anilines is 1. The third-order valence-corrected chi connectivity index (χ3v) is 5.81. The number of ketones is 1. The van der Waals surface area contributed by atoms with Crippen LogP contribution in [0.25, 0.3) is 5.70 Å². The van der Waals surface area contributed by atoms with Crippen molar-refractivity contribution in [3.63, 3.8) is 0 Å². The molecule has 3 heterocycles. The standard InChI is InChI=1S/C25H25N3O4/c1-16-4-2-5-18(12-16)28-25(30)7-6-20(27-28)22(29)15-21-19-14-24-23(31-10-3-11-32-24)13-17(19)8-9-26-21/h2,4-5,12-15,26H,3,6-11H2,1H3. The Morgan fingerprint density at radius 1 is 1.09 bits per heavy atom. The Bertz CT molecular complexity index is 1150. The fourth-order valence-corrected chi connectivity index (χ4v) is 4.17. The minimum Gasteiger partial charge on any atom is -0.490 e. The number of benzene rings is 2. The highest BCUT2D eigenvalue weighted by atomic mass is 16.5. The van der Waals surface area contributed by atoms with Crippen LogP contribution in [0.4, 0.5) is 5.69 Å². The number of hydrogen-bond donors (Lipinski definition) is 1. The van der Waals surface area contributed by atoms with Gasteiger partial charge in [0, 0.05) is 43.1 Å². The van der Waals surface area contributed by atoms with Crippen LogP contribution in [-0.2, 0) is 16.0 Å². The van der Waals surface area contributed by atoms with Gasteiger partial charge in [-0.05, 0) is 48.7 Å². The number of amides is 1. The fourth-order valence-electron chi connectivity index (χ4n) is 4.17. The maximum absolute atomic E-state index is 13.1. The monoisotopic (exact) mass is 431 g/mol. The maximum Gasteiger partial charge on any atom is 0.247 e. The molecular weight excluding hydrogens is 406 g/mol. The van der Waals surface area contributed by atoms with Crippen LogP contribution < -0.4 is 19.8 Å². The van der Waals surface area contributed by atoms with E-state index >= 15 is 0 Å². The zero-order valence-corrected chi connectivity index (χ0v) is 18.0. The van der Waals surface area contributed by atoms with Crippen molar-refractivity contribution in [3.8, 4) is 11.5 Å². The Balaban J connectivity index is 1.46. The van der Waals surface area contributed by atoms with Gasteiger partial charge in [-0.2, -0.15) is 5.10 Å². The number of carbonyl (C=O) groups excluding carboxylic acids is 2. The van der Waals surface area contributed by atoms with E-state index in [0.29, 0.717) is 36.8 Å². The second-order valence-corrected chi connectivity index (χ2v) is 8.20. The highest BCUT2D eigenvalue weighted by Crippen LogP contribution is 2.36. The number of allylic oxidation sites excluding steroid dienone is 1. The van der Waals surface area contributed by atoms with Crippen LogP contribution in [0.1, 0.15) is 36.0 Å².